The number of amides is 1. The SMILES string of the molecule is Cc1cc(F)cc(C(=O)N2CCC3(CCNCC3)CC2)c1. The van der Waals surface area contributed by atoms with Crippen LogP contribution in [0.25, 0.3) is 0 Å². The number of likely N-dealkylation sites (tertiary alicyclic amines) is 1. The molecule has 2 aliphatic heterocycles. The minimum absolute atomic E-state index is 0.0265. The lowest BCUT2D eigenvalue weighted by molar-refractivity contribution is 0.0495. The largest absolute Gasteiger partial charge is 0.339 e. The molecule has 1 aromatic carbocycles. The van der Waals surface area contributed by atoms with E-state index in [0.29, 0.717) is 11.0 Å². The van der Waals surface area contributed by atoms with E-state index in [4.69, 9.17) is 0 Å². The molecular formula is C17H23FN2O. The summed E-state index contributed by atoms with van der Waals surface area (Å²) in [5.74, 6) is -0.355. The van der Waals surface area contributed by atoms with Gasteiger partial charge in [-0.25, -0.2) is 4.39 Å². The third-order valence-corrected chi connectivity index (χ3v) is 5.06. The topological polar surface area (TPSA) is 32.3 Å². The van der Waals surface area contributed by atoms with Crippen LogP contribution < -0.4 is 5.32 Å². The zero-order valence-electron chi connectivity index (χ0n) is 12.6. The van der Waals surface area contributed by atoms with E-state index in [2.05, 4.69) is 5.32 Å². The normalized spacial score (nSPS) is 21.5. The number of benzene rings is 1. The van der Waals surface area contributed by atoms with Crippen molar-refractivity contribution >= 4 is 5.91 Å². The number of hydrogen-bond donors (Lipinski definition) is 1. The lowest BCUT2D eigenvalue weighted by Gasteiger charge is -2.44. The second kappa shape index (κ2) is 5.76. The van der Waals surface area contributed by atoms with Crippen LogP contribution in [0, 0.1) is 18.2 Å². The molecule has 2 saturated heterocycles. The Hall–Kier alpha value is -1.42. The van der Waals surface area contributed by atoms with Crippen molar-refractivity contribution in [3.05, 3.63) is 35.1 Å². The first-order valence-electron chi connectivity index (χ1n) is 7.85. The zero-order chi connectivity index (χ0) is 14.9. The number of hydrogen-bond acceptors (Lipinski definition) is 2. The number of rotatable bonds is 1. The molecule has 21 heavy (non-hydrogen) atoms. The number of aryl methyl sites for hydroxylation is 1. The molecule has 1 amide bonds. The summed E-state index contributed by atoms with van der Waals surface area (Å²) in [5, 5.41) is 3.41. The van der Waals surface area contributed by atoms with Crippen LogP contribution in [0.3, 0.4) is 0 Å². The monoisotopic (exact) mass is 290 g/mol. The van der Waals surface area contributed by atoms with Crippen LogP contribution in [0.1, 0.15) is 41.6 Å². The number of halogens is 1. The second-order valence-corrected chi connectivity index (χ2v) is 6.56. The summed E-state index contributed by atoms with van der Waals surface area (Å²) in [7, 11) is 0. The van der Waals surface area contributed by atoms with Crippen molar-refractivity contribution < 1.29 is 9.18 Å². The molecule has 2 aliphatic rings. The summed E-state index contributed by atoms with van der Waals surface area (Å²) in [4.78, 5) is 14.4. The summed E-state index contributed by atoms with van der Waals surface area (Å²) < 4.78 is 13.5. The first kappa shape index (κ1) is 14.5. The lowest BCUT2D eigenvalue weighted by Crippen LogP contribution is -2.47. The fourth-order valence-corrected chi connectivity index (χ4v) is 3.68. The van der Waals surface area contributed by atoms with E-state index < -0.39 is 0 Å². The highest BCUT2D eigenvalue weighted by molar-refractivity contribution is 5.94. The van der Waals surface area contributed by atoms with Crippen LogP contribution in [0.15, 0.2) is 18.2 Å². The molecule has 2 fully saturated rings. The average molecular weight is 290 g/mol. The molecule has 3 rings (SSSR count). The summed E-state index contributed by atoms with van der Waals surface area (Å²) >= 11 is 0. The lowest BCUT2D eigenvalue weighted by atomic mass is 9.71. The summed E-state index contributed by atoms with van der Waals surface area (Å²) in [6.45, 7) is 5.61. The van der Waals surface area contributed by atoms with Crippen LogP contribution in [0.4, 0.5) is 4.39 Å². The highest BCUT2D eigenvalue weighted by Crippen LogP contribution is 2.39. The van der Waals surface area contributed by atoms with Gasteiger partial charge in [0.2, 0.25) is 0 Å². The van der Waals surface area contributed by atoms with Gasteiger partial charge in [-0.05, 0) is 74.9 Å². The summed E-state index contributed by atoms with van der Waals surface area (Å²) in [5.41, 5.74) is 1.71. The molecule has 2 heterocycles. The Morgan fingerprint density at radius 3 is 2.43 bits per heavy atom. The highest BCUT2D eigenvalue weighted by atomic mass is 19.1. The predicted molar refractivity (Wildman–Crippen MR) is 80.8 cm³/mol. The van der Waals surface area contributed by atoms with Crippen LogP contribution in [-0.2, 0) is 0 Å². The van der Waals surface area contributed by atoms with E-state index >= 15 is 0 Å². The maximum atomic E-state index is 13.5. The number of nitrogens with one attached hydrogen (secondary N) is 1. The van der Waals surface area contributed by atoms with Crippen LogP contribution in [0.5, 0.6) is 0 Å². The molecule has 0 unspecified atom stereocenters. The van der Waals surface area contributed by atoms with Gasteiger partial charge < -0.3 is 10.2 Å². The van der Waals surface area contributed by atoms with Crippen molar-refractivity contribution in [2.75, 3.05) is 26.2 Å². The molecule has 0 saturated carbocycles. The maximum Gasteiger partial charge on any atom is 0.253 e. The van der Waals surface area contributed by atoms with Crippen molar-refractivity contribution in [2.45, 2.75) is 32.6 Å². The number of piperidine rings is 2. The number of nitrogens with zero attached hydrogens (tertiary/aromatic N) is 1. The Bertz CT molecular complexity index is 507. The van der Waals surface area contributed by atoms with E-state index in [9.17, 15) is 9.18 Å². The van der Waals surface area contributed by atoms with Gasteiger partial charge in [0, 0.05) is 18.7 Å². The quantitative estimate of drug-likeness (QED) is 0.862. The standard InChI is InChI=1S/C17H23FN2O/c1-13-10-14(12-15(18)11-13)16(21)20-8-4-17(5-9-20)2-6-19-7-3-17/h10-12,19H,2-9H2,1H3. The fraction of sp³-hybridized carbons (Fsp3) is 0.588. The van der Waals surface area contributed by atoms with Crippen molar-refractivity contribution in [1.29, 1.82) is 0 Å². The van der Waals surface area contributed by atoms with Crippen molar-refractivity contribution in [2.24, 2.45) is 5.41 Å². The molecular weight excluding hydrogens is 267 g/mol. The first-order chi connectivity index (χ1) is 10.1. The molecule has 4 heteroatoms. The van der Waals surface area contributed by atoms with Crippen molar-refractivity contribution in [1.82, 2.24) is 10.2 Å². The number of carbonyl (C=O) groups excluding carboxylic acids is 1. The minimum Gasteiger partial charge on any atom is -0.339 e. The fourth-order valence-electron chi connectivity index (χ4n) is 3.68. The van der Waals surface area contributed by atoms with Gasteiger partial charge in [0.25, 0.3) is 5.91 Å². The van der Waals surface area contributed by atoms with Gasteiger partial charge in [0.1, 0.15) is 5.82 Å². The maximum absolute atomic E-state index is 13.5. The van der Waals surface area contributed by atoms with Gasteiger partial charge in [-0.2, -0.15) is 0 Å². The van der Waals surface area contributed by atoms with E-state index in [0.717, 1.165) is 44.6 Å². The zero-order valence-corrected chi connectivity index (χ0v) is 12.6. The van der Waals surface area contributed by atoms with Crippen LogP contribution >= 0.6 is 0 Å². The van der Waals surface area contributed by atoms with Gasteiger partial charge in [-0.15, -0.1) is 0 Å². The summed E-state index contributed by atoms with van der Waals surface area (Å²) in [6.07, 6.45) is 4.59. The van der Waals surface area contributed by atoms with Crippen molar-refractivity contribution in [3.63, 3.8) is 0 Å². The average Bonchev–Trinajstić information content (AvgIpc) is 2.47. The Morgan fingerprint density at radius 2 is 1.81 bits per heavy atom. The van der Waals surface area contributed by atoms with Gasteiger partial charge in [-0.1, -0.05) is 0 Å². The summed E-state index contributed by atoms with van der Waals surface area (Å²) in [6, 6.07) is 4.58. The molecule has 1 N–H and O–H groups in total. The molecule has 0 atom stereocenters. The van der Waals surface area contributed by atoms with Crippen LogP contribution in [-0.4, -0.2) is 37.0 Å². The molecule has 0 radical (unpaired) electrons. The van der Waals surface area contributed by atoms with E-state index in [1.165, 1.54) is 25.0 Å². The Morgan fingerprint density at radius 1 is 1.14 bits per heavy atom. The van der Waals surface area contributed by atoms with E-state index in [-0.39, 0.29) is 11.7 Å². The molecule has 0 aliphatic carbocycles. The van der Waals surface area contributed by atoms with Gasteiger partial charge in [0.15, 0.2) is 0 Å². The number of carbonyl (C=O) groups is 1. The molecule has 3 nitrogen and oxygen atoms in total. The third kappa shape index (κ3) is 3.10. The van der Waals surface area contributed by atoms with Gasteiger partial charge in [0.05, 0.1) is 0 Å². The molecule has 1 aromatic rings. The first-order valence-corrected chi connectivity index (χ1v) is 7.85. The van der Waals surface area contributed by atoms with Crippen LogP contribution in [0.2, 0.25) is 0 Å². The second-order valence-electron chi connectivity index (χ2n) is 6.56. The highest BCUT2D eigenvalue weighted by Gasteiger charge is 2.36. The minimum atomic E-state index is -0.329. The van der Waals surface area contributed by atoms with Gasteiger partial charge >= 0.3 is 0 Å². The molecule has 0 aromatic heterocycles. The van der Waals surface area contributed by atoms with E-state index in [1.807, 2.05) is 11.8 Å². The third-order valence-electron chi connectivity index (χ3n) is 5.06. The van der Waals surface area contributed by atoms with Gasteiger partial charge in [-0.3, -0.25) is 4.79 Å². The Labute approximate surface area is 125 Å². The Kier molecular flexibility index (Phi) is 3.98. The Balaban J connectivity index is 1.67. The van der Waals surface area contributed by atoms with E-state index in [1.54, 1.807) is 6.07 Å². The molecule has 114 valence electrons. The van der Waals surface area contributed by atoms with Crippen molar-refractivity contribution in [3.8, 4) is 0 Å². The predicted octanol–water partition coefficient (Wildman–Crippen LogP) is 2.74. The smallest absolute Gasteiger partial charge is 0.253 e. The molecule has 1 spiro atoms. The molecule has 0 bridgehead atoms.